The first kappa shape index (κ1) is 49.9. The molecule has 370 valence electrons. The number of rotatable bonds is 8. The van der Waals surface area contributed by atoms with E-state index < -0.39 is 5.54 Å². The number of fused-ring (bicyclic) bond motifs is 7. The zero-order valence-electron chi connectivity index (χ0n) is 40.9. The molecular formula is C62H50N8O2Pt2. The number of phenolic OH excluding ortho intramolecular Hbond substituents is 2. The standard InChI is InChI=1S/C33H26N4O.C29H24N4O.2Pt/c1-33(2,36-22-35(27-13-5-6-14-28(27)36)29-15-7-8-16-31(29)38)23-18-19-25-24-11-3-4-12-26(24)37(30(25)21-23)32-17-9-10-20-34-32;1-29(2,32-18-17-31(20-32)25-11-5-6-12-27(25)34)21-14-15-23-22-9-3-4-10-24(22)33(26(23)19-21)28-13-7-8-16-30-28;;/h3-20,22,38H,1-2H3;3-18,20,34H,1-2H3;;/q2*-2;2*+2. The first-order valence-corrected chi connectivity index (χ1v) is 24.0. The summed E-state index contributed by atoms with van der Waals surface area (Å²) in [6, 6.07) is 68.1. The molecule has 7 aromatic carbocycles. The van der Waals surface area contributed by atoms with Gasteiger partial charge in [0.15, 0.2) is 0 Å². The van der Waals surface area contributed by atoms with Gasteiger partial charge in [-0.25, -0.2) is 9.97 Å². The maximum absolute atomic E-state index is 10.6. The molecule has 10 nitrogen and oxygen atoms in total. The van der Waals surface area contributed by atoms with E-state index in [0.717, 1.165) is 78.4 Å². The van der Waals surface area contributed by atoms with Crippen molar-refractivity contribution in [2.24, 2.45) is 0 Å². The summed E-state index contributed by atoms with van der Waals surface area (Å²) < 4.78 is 4.38. The SMILES string of the molecule is CC(C)(c1[c-]c2c(cc1)c1ccccc1n2-c1ccccn1)N1C=CN(c2ccccc2O)[CH-]1.CC(C)(c1[c-]c2c(cc1)c1ccccc1n2-c1ccccn1)N1[CH-]N(c2ccccc2O)c2ccccc21.[Pt+2].[Pt+2]. The van der Waals surface area contributed by atoms with E-state index in [4.69, 9.17) is 0 Å². The fourth-order valence-electron chi connectivity index (χ4n) is 10.1. The van der Waals surface area contributed by atoms with Gasteiger partial charge in [0, 0.05) is 45.9 Å². The van der Waals surface area contributed by atoms with Crippen LogP contribution in [0.2, 0.25) is 0 Å². The molecule has 0 atom stereocenters. The monoisotopic (exact) mass is 1330 g/mol. The summed E-state index contributed by atoms with van der Waals surface area (Å²) >= 11 is 0. The van der Waals surface area contributed by atoms with E-state index in [2.05, 4.69) is 171 Å². The summed E-state index contributed by atoms with van der Waals surface area (Å²) in [6.45, 7) is 12.8. The molecule has 0 radical (unpaired) electrons. The summed E-state index contributed by atoms with van der Waals surface area (Å²) in [6.07, 6.45) is 7.63. The largest absolute Gasteiger partial charge is 2.00 e. The van der Waals surface area contributed by atoms with Crippen LogP contribution in [-0.2, 0) is 53.2 Å². The van der Waals surface area contributed by atoms with Crippen molar-refractivity contribution in [2.45, 2.75) is 38.8 Å². The van der Waals surface area contributed by atoms with Crippen LogP contribution < -0.4 is 14.7 Å². The van der Waals surface area contributed by atoms with Gasteiger partial charge in [-0.05, 0) is 124 Å². The van der Waals surface area contributed by atoms with Gasteiger partial charge in [0.05, 0.1) is 11.4 Å². The first-order chi connectivity index (χ1) is 35.1. The molecule has 13 rings (SSSR count). The fourth-order valence-corrected chi connectivity index (χ4v) is 10.1. The van der Waals surface area contributed by atoms with E-state index in [9.17, 15) is 10.2 Å². The summed E-state index contributed by atoms with van der Waals surface area (Å²) in [5.74, 6) is 2.23. The number of aromatic nitrogens is 4. The van der Waals surface area contributed by atoms with Gasteiger partial charge in [0.25, 0.3) is 0 Å². The Labute approximate surface area is 459 Å². The molecule has 74 heavy (non-hydrogen) atoms. The minimum absolute atomic E-state index is 0. The Morgan fingerprint density at radius 1 is 0.432 bits per heavy atom. The Balaban J connectivity index is 0.000000166. The van der Waals surface area contributed by atoms with Crippen LogP contribution in [0, 0.1) is 25.5 Å². The maximum atomic E-state index is 10.6. The van der Waals surface area contributed by atoms with Crippen molar-refractivity contribution in [3.05, 3.63) is 243 Å². The summed E-state index contributed by atoms with van der Waals surface area (Å²) in [4.78, 5) is 17.7. The predicted octanol–water partition coefficient (Wildman–Crippen LogP) is 14.0. The molecule has 12 heteroatoms. The number of hydrogen-bond acceptors (Lipinski definition) is 8. The molecule has 0 bridgehead atoms. The molecule has 0 fully saturated rings. The summed E-state index contributed by atoms with van der Waals surface area (Å²) in [5.41, 5.74) is 9.08. The molecule has 2 N–H and O–H groups in total. The molecule has 2 aliphatic rings. The fraction of sp³-hybridized carbons (Fsp3) is 0.0968. The third kappa shape index (κ3) is 8.50. The van der Waals surface area contributed by atoms with Crippen LogP contribution in [0.1, 0.15) is 38.8 Å². The predicted molar refractivity (Wildman–Crippen MR) is 290 cm³/mol. The van der Waals surface area contributed by atoms with Crippen LogP contribution >= 0.6 is 0 Å². The number of anilines is 4. The van der Waals surface area contributed by atoms with E-state index in [-0.39, 0.29) is 59.2 Å². The molecule has 0 amide bonds. The van der Waals surface area contributed by atoms with Gasteiger partial charge in [0.2, 0.25) is 0 Å². The molecule has 0 unspecified atom stereocenters. The summed E-state index contributed by atoms with van der Waals surface area (Å²) in [5, 5.41) is 25.6. The van der Waals surface area contributed by atoms with Crippen LogP contribution in [-0.4, -0.2) is 34.2 Å². The molecule has 0 aliphatic carbocycles. The molecule has 0 spiro atoms. The normalized spacial score (nSPS) is 13.3. The second-order valence-corrected chi connectivity index (χ2v) is 19.0. The number of benzene rings is 7. The Morgan fingerprint density at radius 2 is 0.892 bits per heavy atom. The van der Waals surface area contributed by atoms with Gasteiger partial charge >= 0.3 is 42.1 Å². The van der Waals surface area contributed by atoms with Crippen molar-refractivity contribution in [1.82, 2.24) is 24.0 Å². The zero-order chi connectivity index (χ0) is 49.1. The zero-order valence-corrected chi connectivity index (χ0v) is 45.4. The number of pyridine rings is 2. The van der Waals surface area contributed by atoms with E-state index in [1.165, 1.54) is 10.8 Å². The van der Waals surface area contributed by atoms with E-state index in [1.54, 1.807) is 12.1 Å². The van der Waals surface area contributed by atoms with Gasteiger partial charge in [-0.15, -0.1) is 28.6 Å². The van der Waals surface area contributed by atoms with Crippen LogP contribution in [0.5, 0.6) is 11.5 Å². The van der Waals surface area contributed by atoms with Crippen LogP contribution in [0.3, 0.4) is 0 Å². The second-order valence-electron chi connectivity index (χ2n) is 19.0. The molecule has 11 aromatic rings. The molecular weight excluding hydrogens is 1280 g/mol. The third-order valence-electron chi connectivity index (χ3n) is 14.1. The minimum Gasteiger partial charge on any atom is -0.506 e. The van der Waals surface area contributed by atoms with Crippen LogP contribution in [0.4, 0.5) is 22.7 Å². The average Bonchev–Trinajstić information content (AvgIpc) is 4.22. The van der Waals surface area contributed by atoms with Crippen molar-refractivity contribution >= 4 is 66.4 Å². The topological polar surface area (TPSA) is 89.1 Å². The van der Waals surface area contributed by atoms with Gasteiger partial charge < -0.3 is 38.9 Å². The number of aromatic hydroxyl groups is 2. The Hall–Kier alpha value is -7.64. The van der Waals surface area contributed by atoms with E-state index >= 15 is 0 Å². The third-order valence-corrected chi connectivity index (χ3v) is 14.1. The van der Waals surface area contributed by atoms with E-state index in [1.807, 2.05) is 115 Å². The maximum Gasteiger partial charge on any atom is 2.00 e. The average molecular weight is 1330 g/mol. The Bertz CT molecular complexity index is 3850. The minimum atomic E-state index is -0.450. The van der Waals surface area contributed by atoms with Crippen molar-refractivity contribution in [3.63, 3.8) is 0 Å². The van der Waals surface area contributed by atoms with Crippen molar-refractivity contribution in [2.75, 3.05) is 14.7 Å². The molecule has 6 heterocycles. The van der Waals surface area contributed by atoms with Gasteiger partial charge in [0.1, 0.15) is 23.1 Å². The molecule has 4 aromatic heterocycles. The van der Waals surface area contributed by atoms with Crippen LogP contribution in [0.25, 0.3) is 55.2 Å². The number of para-hydroxylation sites is 8. The van der Waals surface area contributed by atoms with Gasteiger partial charge in [-0.1, -0.05) is 96.0 Å². The van der Waals surface area contributed by atoms with Gasteiger partial charge in [-0.2, -0.15) is 43.1 Å². The Morgan fingerprint density at radius 3 is 1.42 bits per heavy atom. The van der Waals surface area contributed by atoms with Crippen LogP contribution in [0.15, 0.2) is 207 Å². The first-order valence-electron chi connectivity index (χ1n) is 24.0. The molecule has 0 saturated carbocycles. The summed E-state index contributed by atoms with van der Waals surface area (Å²) in [7, 11) is 0. The second kappa shape index (κ2) is 20.0. The number of phenols is 2. The smallest absolute Gasteiger partial charge is 0.506 e. The molecule has 2 aliphatic heterocycles. The number of nitrogens with zero attached hydrogens (tertiary/aromatic N) is 8. The molecule has 0 saturated heterocycles. The quantitative estimate of drug-likeness (QED) is 0.146. The van der Waals surface area contributed by atoms with Crippen molar-refractivity contribution in [1.29, 1.82) is 0 Å². The van der Waals surface area contributed by atoms with E-state index in [0.29, 0.717) is 0 Å². The Kier molecular flexibility index (Phi) is 13.5. The van der Waals surface area contributed by atoms with Crippen molar-refractivity contribution < 1.29 is 52.3 Å². The van der Waals surface area contributed by atoms with Crippen molar-refractivity contribution in [3.8, 4) is 23.1 Å². The number of hydrogen-bond donors (Lipinski definition) is 2. The van der Waals surface area contributed by atoms with Gasteiger partial charge in [-0.3, -0.25) is 0 Å².